The van der Waals surface area contributed by atoms with E-state index in [0.29, 0.717) is 29.6 Å². The van der Waals surface area contributed by atoms with E-state index in [1.54, 1.807) is 0 Å². The first-order valence-electron chi connectivity index (χ1n) is 12.5. The van der Waals surface area contributed by atoms with E-state index < -0.39 is 11.7 Å². The normalized spacial score (nSPS) is 51.6. The Kier molecular flexibility index (Phi) is 5.73. The standard InChI is InChI=1S/C26H44O3/c1-17(2)7-5-6-8-18-9-10-20-23-21(12-13-24(18,20)3)25(4)14-11-19(28)15-26(25,29)22(23)16-27/h16-23,28-29H,5-15H2,1-4H3/t18-,19-,20?,21?,22+,23?,24+,25+,26+/m0/s1. The fourth-order valence-electron chi connectivity index (χ4n) is 8.89. The first kappa shape index (κ1) is 21.8. The van der Waals surface area contributed by atoms with Crippen LogP contribution in [0.4, 0.5) is 0 Å². The lowest BCUT2D eigenvalue weighted by Gasteiger charge is -2.52. The van der Waals surface area contributed by atoms with Gasteiger partial charge < -0.3 is 15.0 Å². The second-order valence-electron chi connectivity index (χ2n) is 12.2. The first-order valence-corrected chi connectivity index (χ1v) is 12.5. The number of hydrogen-bond acceptors (Lipinski definition) is 3. The lowest BCUT2D eigenvalue weighted by atomic mass is 9.54. The molecular weight excluding hydrogens is 360 g/mol. The summed E-state index contributed by atoms with van der Waals surface area (Å²) in [5.74, 6) is 2.60. The molecule has 4 aliphatic carbocycles. The van der Waals surface area contributed by atoms with Crippen LogP contribution in [0.5, 0.6) is 0 Å². The summed E-state index contributed by atoms with van der Waals surface area (Å²) >= 11 is 0. The largest absolute Gasteiger partial charge is 0.393 e. The van der Waals surface area contributed by atoms with E-state index in [-0.39, 0.29) is 11.3 Å². The van der Waals surface area contributed by atoms with Crippen molar-refractivity contribution in [3.05, 3.63) is 0 Å². The third kappa shape index (κ3) is 3.16. The average Bonchev–Trinajstić information content (AvgIpc) is 3.08. The minimum absolute atomic E-state index is 0.209. The maximum absolute atomic E-state index is 12.4. The van der Waals surface area contributed by atoms with Crippen LogP contribution in [0, 0.1) is 46.3 Å². The molecule has 3 heteroatoms. The van der Waals surface area contributed by atoms with Crippen LogP contribution in [0.1, 0.15) is 98.3 Å². The zero-order valence-electron chi connectivity index (χ0n) is 19.2. The Morgan fingerprint density at radius 1 is 1.03 bits per heavy atom. The zero-order valence-corrected chi connectivity index (χ0v) is 19.2. The predicted molar refractivity (Wildman–Crippen MR) is 116 cm³/mol. The van der Waals surface area contributed by atoms with Gasteiger partial charge >= 0.3 is 0 Å². The fraction of sp³-hybridized carbons (Fsp3) is 0.962. The molecule has 3 unspecified atom stereocenters. The Labute approximate surface area is 178 Å². The molecule has 4 saturated carbocycles. The monoisotopic (exact) mass is 404 g/mol. The van der Waals surface area contributed by atoms with Gasteiger partial charge in [-0.05, 0) is 80.0 Å². The van der Waals surface area contributed by atoms with Crippen molar-refractivity contribution in [2.24, 2.45) is 46.3 Å². The van der Waals surface area contributed by atoms with Crippen molar-refractivity contribution in [3.63, 3.8) is 0 Å². The number of aliphatic hydroxyl groups is 2. The predicted octanol–water partition coefficient (Wildman–Crippen LogP) is 5.37. The molecule has 4 fully saturated rings. The molecule has 0 aliphatic heterocycles. The van der Waals surface area contributed by atoms with E-state index >= 15 is 0 Å². The van der Waals surface area contributed by atoms with Crippen molar-refractivity contribution in [3.8, 4) is 0 Å². The SMILES string of the molecule is CC(C)CCCC[C@H]1CCC2C3C(CC[C@@]21C)[C@@]1(C)CC[C@H](O)C[C@@]1(O)[C@@H]3C=O. The van der Waals surface area contributed by atoms with Crippen molar-refractivity contribution in [2.45, 2.75) is 110 Å². The number of carbonyl (C=O) groups excluding carboxylic acids is 1. The van der Waals surface area contributed by atoms with Gasteiger partial charge in [0.15, 0.2) is 0 Å². The molecule has 0 aromatic carbocycles. The van der Waals surface area contributed by atoms with Crippen LogP contribution in [0.15, 0.2) is 0 Å². The molecule has 4 aliphatic rings. The lowest BCUT2D eigenvalue weighted by molar-refractivity contribution is -0.156. The molecule has 166 valence electrons. The van der Waals surface area contributed by atoms with Crippen LogP contribution < -0.4 is 0 Å². The third-order valence-corrected chi connectivity index (χ3v) is 10.6. The molecule has 0 spiro atoms. The highest BCUT2D eigenvalue weighted by Crippen LogP contribution is 2.72. The number of unbranched alkanes of at least 4 members (excludes halogenated alkanes) is 1. The van der Waals surface area contributed by atoms with Gasteiger partial charge in [0, 0.05) is 17.8 Å². The minimum atomic E-state index is -1.01. The maximum atomic E-state index is 12.4. The molecule has 0 bridgehead atoms. The summed E-state index contributed by atoms with van der Waals surface area (Å²) in [5.41, 5.74) is -0.888. The second-order valence-corrected chi connectivity index (χ2v) is 12.2. The van der Waals surface area contributed by atoms with Crippen LogP contribution in [0.3, 0.4) is 0 Å². The van der Waals surface area contributed by atoms with E-state index in [0.717, 1.165) is 37.4 Å². The van der Waals surface area contributed by atoms with Crippen LogP contribution in [0.25, 0.3) is 0 Å². The number of fused-ring (bicyclic) bond motifs is 5. The minimum Gasteiger partial charge on any atom is -0.393 e. The summed E-state index contributed by atoms with van der Waals surface area (Å²) in [6, 6.07) is 0. The van der Waals surface area contributed by atoms with Gasteiger partial charge in [-0.3, -0.25) is 0 Å². The molecule has 0 radical (unpaired) electrons. The number of aliphatic hydroxyl groups excluding tert-OH is 1. The Morgan fingerprint density at radius 2 is 1.79 bits per heavy atom. The fourth-order valence-corrected chi connectivity index (χ4v) is 8.89. The van der Waals surface area contributed by atoms with Crippen molar-refractivity contribution in [1.82, 2.24) is 0 Å². The van der Waals surface area contributed by atoms with E-state index in [2.05, 4.69) is 27.7 Å². The van der Waals surface area contributed by atoms with Crippen LogP contribution in [-0.4, -0.2) is 28.2 Å². The number of hydrogen-bond donors (Lipinski definition) is 2. The maximum Gasteiger partial charge on any atom is 0.126 e. The molecule has 0 heterocycles. The third-order valence-electron chi connectivity index (χ3n) is 10.6. The van der Waals surface area contributed by atoms with Crippen LogP contribution >= 0.6 is 0 Å². The zero-order chi connectivity index (χ0) is 21.0. The molecule has 4 rings (SSSR count). The van der Waals surface area contributed by atoms with Gasteiger partial charge in [0.2, 0.25) is 0 Å². The summed E-state index contributed by atoms with van der Waals surface area (Å²) < 4.78 is 0. The number of carbonyl (C=O) groups is 1. The molecule has 0 amide bonds. The van der Waals surface area contributed by atoms with Crippen molar-refractivity contribution < 1.29 is 15.0 Å². The molecule has 9 atom stereocenters. The highest BCUT2D eigenvalue weighted by atomic mass is 16.3. The van der Waals surface area contributed by atoms with E-state index in [1.165, 1.54) is 44.9 Å². The van der Waals surface area contributed by atoms with Crippen molar-refractivity contribution in [2.75, 3.05) is 0 Å². The van der Waals surface area contributed by atoms with E-state index in [9.17, 15) is 15.0 Å². The van der Waals surface area contributed by atoms with Crippen LogP contribution in [0.2, 0.25) is 0 Å². The van der Waals surface area contributed by atoms with Gasteiger partial charge in [0.25, 0.3) is 0 Å². The Hall–Kier alpha value is -0.410. The van der Waals surface area contributed by atoms with E-state index in [4.69, 9.17) is 0 Å². The summed E-state index contributed by atoms with van der Waals surface area (Å²) in [6.45, 7) is 9.38. The van der Waals surface area contributed by atoms with Gasteiger partial charge in [0.05, 0.1) is 11.7 Å². The van der Waals surface area contributed by atoms with Crippen molar-refractivity contribution >= 4 is 6.29 Å². The molecule has 2 N–H and O–H groups in total. The molecule has 29 heavy (non-hydrogen) atoms. The first-order chi connectivity index (χ1) is 13.7. The summed E-state index contributed by atoms with van der Waals surface area (Å²) in [7, 11) is 0. The highest BCUT2D eigenvalue weighted by Gasteiger charge is 2.71. The number of aldehydes is 1. The molecule has 0 aromatic heterocycles. The topological polar surface area (TPSA) is 57.5 Å². The van der Waals surface area contributed by atoms with Crippen LogP contribution in [-0.2, 0) is 4.79 Å². The second kappa shape index (κ2) is 7.62. The molecule has 0 saturated heterocycles. The van der Waals surface area contributed by atoms with E-state index in [1.807, 2.05) is 0 Å². The van der Waals surface area contributed by atoms with Gasteiger partial charge in [-0.25, -0.2) is 0 Å². The molecular formula is C26H44O3. The number of rotatable bonds is 6. The molecule has 0 aromatic rings. The highest BCUT2D eigenvalue weighted by molar-refractivity contribution is 5.59. The van der Waals surface area contributed by atoms with Crippen molar-refractivity contribution in [1.29, 1.82) is 0 Å². The Morgan fingerprint density at radius 3 is 2.48 bits per heavy atom. The Balaban J connectivity index is 1.56. The van der Waals surface area contributed by atoms with Gasteiger partial charge in [-0.2, -0.15) is 0 Å². The smallest absolute Gasteiger partial charge is 0.126 e. The van der Waals surface area contributed by atoms with Gasteiger partial charge in [0.1, 0.15) is 6.29 Å². The quantitative estimate of drug-likeness (QED) is 0.462. The lowest BCUT2D eigenvalue weighted by Crippen LogP contribution is -2.54. The van der Waals surface area contributed by atoms with Gasteiger partial charge in [-0.1, -0.05) is 47.0 Å². The molecule has 3 nitrogen and oxygen atoms in total. The summed E-state index contributed by atoms with van der Waals surface area (Å²) in [6.07, 6.45) is 12.9. The Bertz CT molecular complexity index is 617. The average molecular weight is 405 g/mol. The summed E-state index contributed by atoms with van der Waals surface area (Å²) in [5, 5.41) is 22.2. The van der Waals surface area contributed by atoms with Gasteiger partial charge in [-0.15, -0.1) is 0 Å². The summed E-state index contributed by atoms with van der Waals surface area (Å²) in [4.78, 5) is 12.4.